The van der Waals surface area contributed by atoms with Crippen LogP contribution in [0, 0.1) is 0 Å². The van der Waals surface area contributed by atoms with Crippen LogP contribution in [0.4, 0.5) is 5.69 Å². The Morgan fingerprint density at radius 1 is 0.931 bits per heavy atom. The van der Waals surface area contributed by atoms with Gasteiger partial charge in [0.25, 0.3) is 5.91 Å². The third-order valence-electron chi connectivity index (χ3n) is 4.89. The van der Waals surface area contributed by atoms with Gasteiger partial charge in [-0.2, -0.15) is 0 Å². The number of nitrogens with zero attached hydrogens (tertiary/aromatic N) is 1. The number of carbonyl (C=O) groups is 1. The number of anilines is 1. The molecule has 0 saturated heterocycles. The summed E-state index contributed by atoms with van der Waals surface area (Å²) in [7, 11) is 0. The topological polar surface area (TPSA) is 38.8 Å². The van der Waals surface area contributed by atoms with Crippen LogP contribution in [0.5, 0.6) is 11.5 Å². The van der Waals surface area contributed by atoms with Crippen molar-refractivity contribution < 1.29 is 14.3 Å². The average molecular weight is 452 g/mol. The molecule has 1 aliphatic rings. The molecule has 0 N–H and O–H groups in total. The van der Waals surface area contributed by atoms with Crippen molar-refractivity contribution in [1.82, 2.24) is 0 Å². The lowest BCUT2D eigenvalue weighted by Crippen LogP contribution is -2.35. The van der Waals surface area contributed by atoms with E-state index in [0.29, 0.717) is 24.5 Å². The van der Waals surface area contributed by atoms with E-state index in [0.717, 1.165) is 35.3 Å². The molecule has 4 rings (SSSR count). The first-order chi connectivity index (χ1) is 14.2. The first kappa shape index (κ1) is 19.5. The van der Waals surface area contributed by atoms with Crippen molar-refractivity contribution in [2.45, 2.75) is 12.8 Å². The molecule has 3 aromatic carbocycles. The molecule has 0 fully saturated rings. The molecular weight excluding hydrogens is 430 g/mol. The highest BCUT2D eigenvalue weighted by Gasteiger charge is 2.23. The number of para-hydroxylation sites is 2. The number of aryl methyl sites for hydroxylation is 1. The zero-order valence-electron chi connectivity index (χ0n) is 16.0. The van der Waals surface area contributed by atoms with Crippen LogP contribution in [-0.4, -0.2) is 25.7 Å². The van der Waals surface area contributed by atoms with Crippen molar-refractivity contribution in [1.29, 1.82) is 0 Å². The molecule has 5 heteroatoms. The van der Waals surface area contributed by atoms with E-state index in [2.05, 4.69) is 22.0 Å². The molecule has 1 heterocycles. The molecule has 0 aliphatic carbocycles. The van der Waals surface area contributed by atoms with Gasteiger partial charge in [-0.25, -0.2) is 0 Å². The van der Waals surface area contributed by atoms with Gasteiger partial charge in [0.1, 0.15) is 24.7 Å². The summed E-state index contributed by atoms with van der Waals surface area (Å²) in [6.07, 6.45) is 1.99. The molecule has 1 amide bonds. The monoisotopic (exact) mass is 451 g/mol. The maximum atomic E-state index is 13.1. The van der Waals surface area contributed by atoms with Gasteiger partial charge >= 0.3 is 0 Å². The number of ether oxygens (including phenoxy) is 2. The fourth-order valence-electron chi connectivity index (χ4n) is 3.48. The lowest BCUT2D eigenvalue weighted by Gasteiger charge is -2.29. The molecule has 3 aromatic rings. The van der Waals surface area contributed by atoms with E-state index in [1.807, 2.05) is 71.6 Å². The largest absolute Gasteiger partial charge is 0.490 e. The second kappa shape index (κ2) is 9.14. The third kappa shape index (κ3) is 4.62. The lowest BCUT2D eigenvalue weighted by atomic mass is 10.0. The SMILES string of the molecule is O=C(c1ccc(OCCOc2ccccc2)c(Br)c1)N1CCCc2ccccc21. The molecule has 0 bridgehead atoms. The summed E-state index contributed by atoms with van der Waals surface area (Å²) in [6, 6.07) is 23.2. The second-order valence-electron chi connectivity index (χ2n) is 6.84. The van der Waals surface area contributed by atoms with Gasteiger partial charge in [-0.15, -0.1) is 0 Å². The number of halogens is 1. The van der Waals surface area contributed by atoms with Gasteiger partial charge in [-0.05, 0) is 70.7 Å². The zero-order chi connectivity index (χ0) is 20.1. The van der Waals surface area contributed by atoms with Gasteiger partial charge in [-0.1, -0.05) is 36.4 Å². The van der Waals surface area contributed by atoms with E-state index in [9.17, 15) is 4.79 Å². The molecule has 0 atom stereocenters. The Bertz CT molecular complexity index is 990. The Morgan fingerprint density at radius 3 is 2.52 bits per heavy atom. The quantitative estimate of drug-likeness (QED) is 0.464. The third-order valence-corrected chi connectivity index (χ3v) is 5.51. The summed E-state index contributed by atoms with van der Waals surface area (Å²) in [4.78, 5) is 15.0. The van der Waals surface area contributed by atoms with Crippen molar-refractivity contribution in [3.05, 3.63) is 88.4 Å². The summed E-state index contributed by atoms with van der Waals surface area (Å²) >= 11 is 3.53. The second-order valence-corrected chi connectivity index (χ2v) is 7.70. The number of hydrogen-bond donors (Lipinski definition) is 0. The predicted octanol–water partition coefficient (Wildman–Crippen LogP) is 5.50. The normalized spacial score (nSPS) is 12.9. The molecular formula is C24H22BrNO3. The molecule has 0 aromatic heterocycles. The number of amides is 1. The molecule has 4 nitrogen and oxygen atoms in total. The summed E-state index contributed by atoms with van der Waals surface area (Å²) in [6.45, 7) is 1.60. The van der Waals surface area contributed by atoms with Crippen LogP contribution < -0.4 is 14.4 Å². The Kier molecular flexibility index (Phi) is 6.15. The minimum atomic E-state index is 0.0109. The number of hydrogen-bond acceptors (Lipinski definition) is 3. The van der Waals surface area contributed by atoms with Gasteiger partial charge in [0.2, 0.25) is 0 Å². The maximum absolute atomic E-state index is 13.1. The van der Waals surface area contributed by atoms with E-state index in [1.54, 1.807) is 0 Å². The Balaban J connectivity index is 1.39. The van der Waals surface area contributed by atoms with Crippen LogP contribution in [0.1, 0.15) is 22.3 Å². The molecule has 29 heavy (non-hydrogen) atoms. The number of fused-ring (bicyclic) bond motifs is 1. The first-order valence-corrected chi connectivity index (χ1v) is 10.5. The highest BCUT2D eigenvalue weighted by molar-refractivity contribution is 9.10. The van der Waals surface area contributed by atoms with Crippen LogP contribution >= 0.6 is 15.9 Å². The van der Waals surface area contributed by atoms with E-state index < -0.39 is 0 Å². The van der Waals surface area contributed by atoms with Crippen LogP contribution in [-0.2, 0) is 6.42 Å². The van der Waals surface area contributed by atoms with Crippen molar-refractivity contribution in [2.24, 2.45) is 0 Å². The van der Waals surface area contributed by atoms with Gasteiger partial charge < -0.3 is 14.4 Å². The maximum Gasteiger partial charge on any atom is 0.258 e. The van der Waals surface area contributed by atoms with Crippen molar-refractivity contribution >= 4 is 27.5 Å². The fourth-order valence-corrected chi connectivity index (χ4v) is 3.97. The Morgan fingerprint density at radius 2 is 1.69 bits per heavy atom. The van der Waals surface area contributed by atoms with E-state index in [-0.39, 0.29) is 5.91 Å². The van der Waals surface area contributed by atoms with Gasteiger partial charge in [0, 0.05) is 17.8 Å². The van der Waals surface area contributed by atoms with Gasteiger partial charge in [0.15, 0.2) is 0 Å². The average Bonchev–Trinajstić information content (AvgIpc) is 2.77. The Labute approximate surface area is 179 Å². The molecule has 0 unspecified atom stereocenters. The van der Waals surface area contributed by atoms with Crippen LogP contribution in [0.25, 0.3) is 0 Å². The zero-order valence-corrected chi connectivity index (χ0v) is 17.6. The number of benzene rings is 3. The van der Waals surface area contributed by atoms with Crippen LogP contribution in [0.15, 0.2) is 77.3 Å². The molecule has 0 radical (unpaired) electrons. The van der Waals surface area contributed by atoms with E-state index in [1.165, 1.54) is 5.56 Å². The first-order valence-electron chi connectivity index (χ1n) is 9.72. The molecule has 148 valence electrons. The summed E-state index contributed by atoms with van der Waals surface area (Å²) < 4.78 is 12.2. The minimum Gasteiger partial charge on any atom is -0.490 e. The standard InChI is InChI=1S/C24H22BrNO3/c25-21-17-19(24(27)26-14-6-8-18-7-4-5-11-22(18)26)12-13-23(21)29-16-15-28-20-9-2-1-3-10-20/h1-5,7,9-13,17H,6,8,14-16H2. The molecule has 0 saturated carbocycles. The predicted molar refractivity (Wildman–Crippen MR) is 118 cm³/mol. The van der Waals surface area contributed by atoms with Crippen LogP contribution in [0.2, 0.25) is 0 Å². The minimum absolute atomic E-state index is 0.0109. The number of carbonyl (C=O) groups excluding carboxylic acids is 1. The molecule has 1 aliphatic heterocycles. The fraction of sp³-hybridized carbons (Fsp3) is 0.208. The molecule has 0 spiro atoms. The van der Waals surface area contributed by atoms with Gasteiger partial charge in [-0.3, -0.25) is 4.79 Å². The van der Waals surface area contributed by atoms with Crippen LogP contribution in [0.3, 0.4) is 0 Å². The Hall–Kier alpha value is -2.79. The van der Waals surface area contributed by atoms with E-state index >= 15 is 0 Å². The van der Waals surface area contributed by atoms with Crippen molar-refractivity contribution in [3.8, 4) is 11.5 Å². The van der Waals surface area contributed by atoms with Crippen molar-refractivity contribution in [2.75, 3.05) is 24.7 Å². The summed E-state index contributed by atoms with van der Waals surface area (Å²) in [5.41, 5.74) is 2.88. The van der Waals surface area contributed by atoms with Gasteiger partial charge in [0.05, 0.1) is 4.47 Å². The number of rotatable bonds is 6. The summed E-state index contributed by atoms with van der Waals surface area (Å²) in [5.74, 6) is 1.52. The van der Waals surface area contributed by atoms with Crippen molar-refractivity contribution in [3.63, 3.8) is 0 Å². The highest BCUT2D eigenvalue weighted by atomic mass is 79.9. The smallest absolute Gasteiger partial charge is 0.258 e. The lowest BCUT2D eigenvalue weighted by molar-refractivity contribution is 0.0985. The highest BCUT2D eigenvalue weighted by Crippen LogP contribution is 2.30. The van der Waals surface area contributed by atoms with E-state index in [4.69, 9.17) is 9.47 Å². The summed E-state index contributed by atoms with van der Waals surface area (Å²) in [5, 5.41) is 0.